The molecule has 0 amide bonds. The Morgan fingerprint density at radius 3 is 2.50 bits per heavy atom. The molecule has 0 saturated heterocycles. The maximum atomic E-state index is 13.3. The molecule has 4 aromatic heterocycles. The Hall–Kier alpha value is -4.13. The number of benzene rings is 1. The van der Waals surface area contributed by atoms with Crippen LogP contribution in [0.4, 0.5) is 13.2 Å². The summed E-state index contributed by atoms with van der Waals surface area (Å²) in [7, 11) is 1.52. The predicted octanol–water partition coefficient (Wildman–Crippen LogP) is 5.46. The number of alkyl halides is 3. The lowest BCUT2D eigenvalue weighted by Gasteiger charge is -2.14. The van der Waals surface area contributed by atoms with Gasteiger partial charge in [-0.05, 0) is 65.5 Å². The third-order valence-corrected chi connectivity index (χ3v) is 7.27. The van der Waals surface area contributed by atoms with Crippen molar-refractivity contribution in [3.05, 3.63) is 86.4 Å². The zero-order valence-corrected chi connectivity index (χ0v) is 22.9. The topological polar surface area (TPSA) is 101 Å². The molecule has 0 radical (unpaired) electrons. The van der Waals surface area contributed by atoms with Gasteiger partial charge in [0.1, 0.15) is 17.5 Å². The number of ether oxygens (including phenoxy) is 1. The lowest BCUT2D eigenvalue weighted by atomic mass is 10.1. The minimum absolute atomic E-state index is 0.162. The Labute approximate surface area is 233 Å². The van der Waals surface area contributed by atoms with Crippen LogP contribution in [0.2, 0.25) is 0 Å². The second kappa shape index (κ2) is 9.81. The molecule has 1 saturated carbocycles. The van der Waals surface area contributed by atoms with E-state index in [4.69, 9.17) is 9.72 Å². The van der Waals surface area contributed by atoms with Crippen molar-refractivity contribution in [2.24, 2.45) is 0 Å². The Bertz CT molecular complexity index is 1810. The third-order valence-electron chi connectivity index (χ3n) is 6.71. The van der Waals surface area contributed by atoms with Crippen LogP contribution in [0.3, 0.4) is 0 Å². The molecule has 204 valence electrons. The Kier molecular flexibility index (Phi) is 6.40. The van der Waals surface area contributed by atoms with Gasteiger partial charge in [0.05, 0.1) is 29.5 Å². The van der Waals surface area contributed by atoms with Gasteiger partial charge >= 0.3 is 6.18 Å². The smallest absolute Gasteiger partial charge is 0.435 e. The first-order chi connectivity index (χ1) is 19.1. The van der Waals surface area contributed by atoms with Crippen molar-refractivity contribution in [2.45, 2.75) is 38.4 Å². The van der Waals surface area contributed by atoms with Gasteiger partial charge in [0, 0.05) is 23.2 Å². The van der Waals surface area contributed by atoms with Crippen LogP contribution in [-0.4, -0.2) is 41.4 Å². The van der Waals surface area contributed by atoms with Gasteiger partial charge in [-0.15, -0.1) is 0 Å². The Morgan fingerprint density at radius 1 is 1.10 bits per heavy atom. The number of aryl methyl sites for hydroxylation is 1. The summed E-state index contributed by atoms with van der Waals surface area (Å²) >= 11 is 3.34. The van der Waals surface area contributed by atoms with E-state index in [9.17, 15) is 18.0 Å². The third kappa shape index (κ3) is 4.74. The molecule has 1 aliphatic carbocycles. The number of rotatable bonds is 6. The van der Waals surface area contributed by atoms with Gasteiger partial charge < -0.3 is 4.74 Å². The van der Waals surface area contributed by atoms with Crippen LogP contribution in [0.25, 0.3) is 28.1 Å². The van der Waals surface area contributed by atoms with Gasteiger partial charge in [0.2, 0.25) is 5.88 Å². The van der Waals surface area contributed by atoms with Crippen molar-refractivity contribution in [3.63, 3.8) is 0 Å². The van der Waals surface area contributed by atoms with Gasteiger partial charge in [0.15, 0.2) is 11.5 Å². The van der Waals surface area contributed by atoms with Gasteiger partial charge in [-0.3, -0.25) is 9.36 Å². The number of hydrogen-bond acceptors (Lipinski definition) is 7. The van der Waals surface area contributed by atoms with Crippen LogP contribution in [0.15, 0.2) is 58.2 Å². The molecule has 40 heavy (non-hydrogen) atoms. The van der Waals surface area contributed by atoms with E-state index >= 15 is 0 Å². The second-order valence-electron chi connectivity index (χ2n) is 9.52. The molecule has 1 fully saturated rings. The predicted molar refractivity (Wildman–Crippen MR) is 143 cm³/mol. The highest BCUT2D eigenvalue weighted by Crippen LogP contribution is 2.44. The first-order valence-electron chi connectivity index (χ1n) is 12.3. The lowest BCUT2D eigenvalue weighted by molar-refractivity contribution is -0.141. The van der Waals surface area contributed by atoms with Crippen LogP contribution >= 0.6 is 15.9 Å². The zero-order valence-electron chi connectivity index (χ0n) is 21.3. The number of nitrogens with zero attached hydrogens (tertiary/aromatic N) is 7. The first kappa shape index (κ1) is 26.1. The van der Waals surface area contributed by atoms with Gasteiger partial charge in [-0.1, -0.05) is 12.1 Å². The molecule has 5 aromatic rings. The Balaban J connectivity index is 1.40. The fraction of sp³-hybridized carbons (Fsp3) is 0.259. The van der Waals surface area contributed by atoms with Crippen molar-refractivity contribution in [1.82, 2.24) is 34.3 Å². The van der Waals surface area contributed by atoms with Crippen molar-refractivity contribution in [1.29, 1.82) is 0 Å². The highest BCUT2D eigenvalue weighted by atomic mass is 79.9. The van der Waals surface area contributed by atoms with Crippen LogP contribution < -0.4 is 10.3 Å². The van der Waals surface area contributed by atoms with Crippen molar-refractivity contribution in [3.8, 4) is 23.0 Å². The maximum Gasteiger partial charge on any atom is 0.435 e. The molecule has 4 heterocycles. The fourth-order valence-electron chi connectivity index (χ4n) is 4.60. The van der Waals surface area contributed by atoms with Gasteiger partial charge in [0.25, 0.3) is 5.56 Å². The summed E-state index contributed by atoms with van der Waals surface area (Å²) in [4.78, 5) is 31.3. The van der Waals surface area contributed by atoms with E-state index in [1.54, 1.807) is 43.5 Å². The summed E-state index contributed by atoms with van der Waals surface area (Å²) in [6, 6.07) is 9.47. The summed E-state index contributed by atoms with van der Waals surface area (Å²) in [6.07, 6.45) is 0.578. The van der Waals surface area contributed by atoms with E-state index in [1.165, 1.54) is 22.7 Å². The van der Waals surface area contributed by atoms with E-state index < -0.39 is 11.9 Å². The van der Waals surface area contributed by atoms with E-state index in [2.05, 4.69) is 36.0 Å². The molecule has 0 unspecified atom stereocenters. The lowest BCUT2D eigenvalue weighted by Crippen LogP contribution is -2.23. The van der Waals surface area contributed by atoms with Crippen LogP contribution in [-0.2, 0) is 12.7 Å². The highest BCUT2D eigenvalue weighted by molar-refractivity contribution is 9.10. The average Bonchev–Trinajstić information content (AvgIpc) is 3.71. The van der Waals surface area contributed by atoms with Crippen molar-refractivity contribution < 1.29 is 17.9 Å². The fourth-order valence-corrected chi connectivity index (χ4v) is 5.06. The van der Waals surface area contributed by atoms with Crippen molar-refractivity contribution in [2.75, 3.05) is 7.11 Å². The molecule has 9 nitrogen and oxygen atoms in total. The molecule has 0 atom stereocenters. The Morgan fingerprint density at radius 2 is 1.85 bits per heavy atom. The maximum absolute atomic E-state index is 13.3. The number of halogens is 4. The molecule has 0 spiro atoms. The molecule has 0 aliphatic heterocycles. The summed E-state index contributed by atoms with van der Waals surface area (Å²) in [5, 5.41) is 4.34. The average molecular weight is 612 g/mol. The van der Waals surface area contributed by atoms with Crippen LogP contribution in [0, 0.1) is 6.92 Å². The summed E-state index contributed by atoms with van der Waals surface area (Å²) < 4.78 is 47.9. The number of hydrogen-bond donors (Lipinski definition) is 0. The van der Waals surface area contributed by atoms with Crippen LogP contribution in [0.1, 0.15) is 41.4 Å². The summed E-state index contributed by atoms with van der Waals surface area (Å²) in [5.41, 5.74) is 2.14. The van der Waals surface area contributed by atoms with Crippen molar-refractivity contribution >= 4 is 27.0 Å². The molecular formula is C27H21BrF3N7O2. The molecule has 13 heteroatoms. The minimum Gasteiger partial charge on any atom is -0.480 e. The monoisotopic (exact) mass is 611 g/mol. The normalized spacial score (nSPS) is 13.7. The quantitative estimate of drug-likeness (QED) is 0.251. The SMILES string of the molecule is COc1ncnc(C2CC2)c1-c1ncc2cc(Br)c(=O)n(Cc3ccc(-n4nc(C(F)(F)F)cc4C)cc3)c2n1. The van der Waals surface area contributed by atoms with E-state index in [0.29, 0.717) is 44.2 Å². The van der Waals surface area contributed by atoms with Gasteiger partial charge in [-0.2, -0.15) is 18.3 Å². The van der Waals surface area contributed by atoms with Crippen LogP contribution in [0.5, 0.6) is 5.88 Å². The molecule has 1 aromatic carbocycles. The standard InChI is InChI=1S/C27H21BrF3N7O2/c1-14-9-20(27(29,30)31)36-38(14)18-7-3-15(4-8-18)12-37-24-17(10-19(28)26(37)39)11-32-23(35-24)21-22(16-5-6-16)33-13-34-25(21)40-2/h3-4,7-11,13,16H,5-6,12H2,1-2H3. The zero-order chi connectivity index (χ0) is 28.2. The summed E-state index contributed by atoms with van der Waals surface area (Å²) in [6.45, 7) is 1.72. The van der Waals surface area contributed by atoms with Gasteiger partial charge in [-0.25, -0.2) is 24.6 Å². The van der Waals surface area contributed by atoms with E-state index in [-0.39, 0.29) is 18.0 Å². The number of fused-ring (bicyclic) bond motifs is 1. The largest absolute Gasteiger partial charge is 0.480 e. The van der Waals surface area contributed by atoms with E-state index in [0.717, 1.165) is 30.2 Å². The van der Waals surface area contributed by atoms with E-state index in [1.807, 2.05) is 0 Å². The summed E-state index contributed by atoms with van der Waals surface area (Å²) in [5.74, 6) is 0.996. The number of methoxy groups -OCH3 is 1. The molecule has 1 aliphatic rings. The highest BCUT2D eigenvalue weighted by Gasteiger charge is 2.34. The first-order valence-corrected chi connectivity index (χ1v) is 13.1. The minimum atomic E-state index is -4.53. The number of aromatic nitrogens is 7. The molecule has 0 bridgehead atoms. The number of pyridine rings is 1. The molecule has 0 N–H and O–H groups in total. The second-order valence-corrected chi connectivity index (χ2v) is 10.4. The molecular weight excluding hydrogens is 591 g/mol. The molecule has 6 rings (SSSR count).